The SMILES string of the molecule is CCc1cc(CNC)cc(Oc2ccccc2CC)n1. The minimum atomic E-state index is 0.676. The van der Waals surface area contributed by atoms with Crippen molar-refractivity contribution in [2.75, 3.05) is 7.05 Å². The number of hydrogen-bond donors (Lipinski definition) is 1. The van der Waals surface area contributed by atoms with Gasteiger partial charge in [-0.15, -0.1) is 0 Å². The molecular weight excluding hydrogens is 248 g/mol. The molecule has 0 fully saturated rings. The average Bonchev–Trinajstić information content (AvgIpc) is 2.48. The molecule has 0 bridgehead atoms. The van der Waals surface area contributed by atoms with E-state index < -0.39 is 0 Å². The molecule has 20 heavy (non-hydrogen) atoms. The highest BCUT2D eigenvalue weighted by atomic mass is 16.5. The Morgan fingerprint density at radius 1 is 1.10 bits per heavy atom. The van der Waals surface area contributed by atoms with Gasteiger partial charge in [-0.2, -0.15) is 0 Å². The van der Waals surface area contributed by atoms with Gasteiger partial charge in [0.2, 0.25) is 5.88 Å². The minimum Gasteiger partial charge on any atom is -0.439 e. The smallest absolute Gasteiger partial charge is 0.219 e. The summed E-state index contributed by atoms with van der Waals surface area (Å²) < 4.78 is 5.99. The van der Waals surface area contributed by atoms with Crippen LogP contribution in [0, 0.1) is 0 Å². The fraction of sp³-hybridized carbons (Fsp3) is 0.353. The van der Waals surface area contributed by atoms with Gasteiger partial charge in [0, 0.05) is 18.3 Å². The van der Waals surface area contributed by atoms with Crippen LogP contribution in [0.2, 0.25) is 0 Å². The third kappa shape index (κ3) is 3.58. The van der Waals surface area contributed by atoms with E-state index in [1.807, 2.05) is 31.3 Å². The molecule has 1 N–H and O–H groups in total. The summed E-state index contributed by atoms with van der Waals surface area (Å²) in [6.07, 6.45) is 1.86. The molecule has 1 aromatic heterocycles. The Morgan fingerprint density at radius 3 is 2.60 bits per heavy atom. The van der Waals surface area contributed by atoms with E-state index in [1.54, 1.807) is 0 Å². The molecule has 0 radical (unpaired) electrons. The number of ether oxygens (including phenoxy) is 1. The van der Waals surface area contributed by atoms with Crippen molar-refractivity contribution in [3.05, 3.63) is 53.2 Å². The van der Waals surface area contributed by atoms with Crippen LogP contribution < -0.4 is 10.1 Å². The average molecular weight is 270 g/mol. The van der Waals surface area contributed by atoms with Gasteiger partial charge in [-0.1, -0.05) is 32.0 Å². The van der Waals surface area contributed by atoms with Gasteiger partial charge < -0.3 is 10.1 Å². The number of aryl methyl sites for hydroxylation is 2. The van der Waals surface area contributed by atoms with Gasteiger partial charge in [-0.3, -0.25) is 0 Å². The zero-order valence-electron chi connectivity index (χ0n) is 12.4. The number of pyridine rings is 1. The normalized spacial score (nSPS) is 10.6. The van der Waals surface area contributed by atoms with Crippen LogP contribution in [0.3, 0.4) is 0 Å². The number of nitrogens with one attached hydrogen (secondary N) is 1. The Hall–Kier alpha value is -1.87. The Bertz CT molecular complexity index is 567. The molecule has 0 saturated heterocycles. The predicted molar refractivity (Wildman–Crippen MR) is 82.3 cm³/mol. The van der Waals surface area contributed by atoms with Gasteiger partial charge in [0.25, 0.3) is 0 Å². The number of hydrogen-bond acceptors (Lipinski definition) is 3. The zero-order chi connectivity index (χ0) is 14.4. The van der Waals surface area contributed by atoms with E-state index in [-0.39, 0.29) is 0 Å². The lowest BCUT2D eigenvalue weighted by Gasteiger charge is -2.11. The lowest BCUT2D eigenvalue weighted by molar-refractivity contribution is 0.454. The molecule has 0 aliphatic heterocycles. The van der Waals surface area contributed by atoms with Crippen molar-refractivity contribution in [3.63, 3.8) is 0 Å². The Labute approximate surface area is 121 Å². The van der Waals surface area contributed by atoms with Crippen molar-refractivity contribution in [2.45, 2.75) is 33.2 Å². The monoisotopic (exact) mass is 270 g/mol. The molecule has 3 heteroatoms. The zero-order valence-corrected chi connectivity index (χ0v) is 12.4. The van der Waals surface area contributed by atoms with E-state index in [9.17, 15) is 0 Å². The van der Waals surface area contributed by atoms with Gasteiger partial charge in [0.1, 0.15) is 5.75 Å². The molecule has 106 valence electrons. The second-order valence-corrected chi connectivity index (χ2v) is 4.75. The maximum atomic E-state index is 5.99. The van der Waals surface area contributed by atoms with Gasteiger partial charge in [0.05, 0.1) is 0 Å². The number of aromatic nitrogens is 1. The second-order valence-electron chi connectivity index (χ2n) is 4.75. The lowest BCUT2D eigenvalue weighted by atomic mass is 10.1. The van der Waals surface area contributed by atoms with Gasteiger partial charge >= 0.3 is 0 Å². The largest absolute Gasteiger partial charge is 0.439 e. The molecule has 2 rings (SSSR count). The number of para-hydroxylation sites is 1. The van der Waals surface area contributed by atoms with Crippen molar-refractivity contribution in [3.8, 4) is 11.6 Å². The van der Waals surface area contributed by atoms with E-state index in [1.165, 1.54) is 11.1 Å². The molecule has 3 nitrogen and oxygen atoms in total. The minimum absolute atomic E-state index is 0.676. The van der Waals surface area contributed by atoms with Crippen LogP contribution in [0.1, 0.15) is 30.7 Å². The fourth-order valence-corrected chi connectivity index (χ4v) is 2.17. The number of rotatable bonds is 6. The second kappa shape index (κ2) is 7.06. The molecule has 0 amide bonds. The topological polar surface area (TPSA) is 34.1 Å². The Kier molecular flexibility index (Phi) is 5.13. The summed E-state index contributed by atoms with van der Waals surface area (Å²) in [7, 11) is 1.94. The maximum absolute atomic E-state index is 5.99. The Balaban J connectivity index is 2.30. The van der Waals surface area contributed by atoms with E-state index in [2.05, 4.69) is 36.3 Å². The van der Waals surface area contributed by atoms with Crippen molar-refractivity contribution in [2.24, 2.45) is 0 Å². The summed E-state index contributed by atoms with van der Waals surface area (Å²) in [6, 6.07) is 12.2. The van der Waals surface area contributed by atoms with Crippen molar-refractivity contribution < 1.29 is 4.74 Å². The summed E-state index contributed by atoms with van der Waals surface area (Å²) in [5.41, 5.74) is 3.46. The molecule has 0 aliphatic rings. The first-order chi connectivity index (χ1) is 9.76. The molecular formula is C17H22N2O. The first-order valence-electron chi connectivity index (χ1n) is 7.17. The molecule has 0 spiro atoms. The summed E-state index contributed by atoms with van der Waals surface area (Å²) in [6.45, 7) is 5.06. The molecule has 0 unspecified atom stereocenters. The maximum Gasteiger partial charge on any atom is 0.219 e. The van der Waals surface area contributed by atoms with Crippen LogP contribution in [-0.2, 0) is 19.4 Å². The van der Waals surface area contributed by atoms with Crippen LogP contribution in [0.25, 0.3) is 0 Å². The predicted octanol–water partition coefficient (Wildman–Crippen LogP) is 3.72. The number of nitrogens with zero attached hydrogens (tertiary/aromatic N) is 1. The van der Waals surface area contributed by atoms with Crippen LogP contribution in [0.5, 0.6) is 11.6 Å². The molecule has 0 saturated carbocycles. The summed E-state index contributed by atoms with van der Waals surface area (Å²) in [5.74, 6) is 1.57. The number of benzene rings is 1. The molecule has 1 heterocycles. The standard InChI is InChI=1S/C17H22N2O/c1-4-14-8-6-7-9-16(14)20-17-11-13(12-18-3)10-15(5-2)19-17/h6-11,18H,4-5,12H2,1-3H3. The van der Waals surface area contributed by atoms with Crippen LogP contribution in [-0.4, -0.2) is 12.0 Å². The molecule has 0 aliphatic carbocycles. The van der Waals surface area contributed by atoms with Gasteiger partial charge in [0.15, 0.2) is 0 Å². The summed E-state index contributed by atoms with van der Waals surface area (Å²) in [4.78, 5) is 4.55. The highest BCUT2D eigenvalue weighted by Gasteiger charge is 2.06. The molecule has 1 aromatic carbocycles. The third-order valence-electron chi connectivity index (χ3n) is 3.23. The van der Waals surface area contributed by atoms with Crippen LogP contribution >= 0.6 is 0 Å². The van der Waals surface area contributed by atoms with Crippen molar-refractivity contribution in [1.82, 2.24) is 10.3 Å². The quantitative estimate of drug-likeness (QED) is 0.868. The lowest BCUT2D eigenvalue weighted by Crippen LogP contribution is -2.06. The van der Waals surface area contributed by atoms with Crippen LogP contribution in [0.15, 0.2) is 36.4 Å². The first-order valence-corrected chi connectivity index (χ1v) is 7.17. The van der Waals surface area contributed by atoms with Gasteiger partial charge in [-0.05, 0) is 43.1 Å². The summed E-state index contributed by atoms with van der Waals surface area (Å²) >= 11 is 0. The van der Waals surface area contributed by atoms with Crippen molar-refractivity contribution >= 4 is 0 Å². The first kappa shape index (κ1) is 14.5. The summed E-state index contributed by atoms with van der Waals surface area (Å²) in [5, 5.41) is 3.17. The Morgan fingerprint density at radius 2 is 1.90 bits per heavy atom. The van der Waals surface area contributed by atoms with E-state index in [0.717, 1.165) is 30.8 Å². The highest BCUT2D eigenvalue weighted by molar-refractivity contribution is 5.37. The van der Waals surface area contributed by atoms with Gasteiger partial charge in [-0.25, -0.2) is 4.98 Å². The van der Waals surface area contributed by atoms with E-state index in [0.29, 0.717) is 5.88 Å². The van der Waals surface area contributed by atoms with Crippen LogP contribution in [0.4, 0.5) is 0 Å². The van der Waals surface area contributed by atoms with E-state index in [4.69, 9.17) is 4.74 Å². The molecule has 2 aromatic rings. The van der Waals surface area contributed by atoms with Crippen molar-refractivity contribution in [1.29, 1.82) is 0 Å². The fourth-order valence-electron chi connectivity index (χ4n) is 2.17. The van der Waals surface area contributed by atoms with E-state index >= 15 is 0 Å². The molecule has 0 atom stereocenters. The third-order valence-corrected chi connectivity index (χ3v) is 3.23. The highest BCUT2D eigenvalue weighted by Crippen LogP contribution is 2.25.